The molecule has 2 aromatic heterocycles. The van der Waals surface area contributed by atoms with E-state index in [4.69, 9.17) is 11.6 Å². The molecule has 35 heavy (non-hydrogen) atoms. The maximum Gasteiger partial charge on any atom is 0.229 e. The summed E-state index contributed by atoms with van der Waals surface area (Å²) in [6.45, 7) is 5.66. The molecular weight excluding hydrogens is 469 g/mol. The first kappa shape index (κ1) is 23.3. The van der Waals surface area contributed by atoms with E-state index in [-0.39, 0.29) is 23.5 Å². The molecule has 0 spiro atoms. The number of likely N-dealkylation sites (tertiary alicyclic amines) is 1. The Hall–Kier alpha value is -3.46. The number of H-pyrrole nitrogens is 1. The number of piperidine rings is 1. The van der Waals surface area contributed by atoms with Crippen LogP contribution in [0, 0.1) is 19.7 Å². The van der Waals surface area contributed by atoms with Gasteiger partial charge < -0.3 is 15.5 Å². The highest BCUT2D eigenvalue weighted by Gasteiger charge is 2.26. The minimum atomic E-state index is -0.354. The standard InChI is InChI=1S/C25H27ClFN7O/c1-14-9-22(29-25-28-13-20(26)24(31-25)30-23-10-15(2)32-33-23)21(27)12-19(14)16-5-7-34(8-6-16)17-3-4-18(35)11-17/h9-13,16H,3-8H2,1-2H3,(H3,28,29,30,31,32,33). The summed E-state index contributed by atoms with van der Waals surface area (Å²) in [6.07, 6.45) is 6.55. The van der Waals surface area contributed by atoms with Crippen LogP contribution in [0.2, 0.25) is 5.02 Å². The Morgan fingerprint density at radius 2 is 1.94 bits per heavy atom. The van der Waals surface area contributed by atoms with Crippen LogP contribution in [-0.2, 0) is 4.79 Å². The summed E-state index contributed by atoms with van der Waals surface area (Å²) in [4.78, 5) is 22.5. The molecule has 0 bridgehead atoms. The molecule has 1 fully saturated rings. The molecule has 3 aromatic rings. The van der Waals surface area contributed by atoms with E-state index in [1.54, 1.807) is 18.2 Å². The number of hydrogen-bond acceptors (Lipinski definition) is 7. The summed E-state index contributed by atoms with van der Waals surface area (Å²) in [5, 5.41) is 13.3. The first-order valence-corrected chi connectivity index (χ1v) is 12.1. The number of aromatic nitrogens is 4. The Morgan fingerprint density at radius 3 is 2.63 bits per heavy atom. The lowest BCUT2D eigenvalue weighted by molar-refractivity contribution is -0.114. The molecule has 1 aliphatic carbocycles. The van der Waals surface area contributed by atoms with Crippen molar-refractivity contribution in [3.63, 3.8) is 0 Å². The van der Waals surface area contributed by atoms with Crippen molar-refractivity contribution in [2.45, 2.75) is 45.4 Å². The predicted octanol–water partition coefficient (Wildman–Crippen LogP) is 5.52. The second-order valence-electron chi connectivity index (χ2n) is 9.13. The van der Waals surface area contributed by atoms with E-state index in [0.717, 1.165) is 54.9 Å². The van der Waals surface area contributed by atoms with Gasteiger partial charge in [-0.3, -0.25) is 9.89 Å². The Labute approximate surface area is 208 Å². The van der Waals surface area contributed by atoms with Crippen molar-refractivity contribution in [2.24, 2.45) is 0 Å². The second-order valence-corrected chi connectivity index (χ2v) is 9.54. The van der Waals surface area contributed by atoms with Gasteiger partial charge in [0.15, 0.2) is 17.4 Å². The smallest absolute Gasteiger partial charge is 0.229 e. The molecule has 3 heterocycles. The van der Waals surface area contributed by atoms with Gasteiger partial charge in [-0.2, -0.15) is 10.1 Å². The molecule has 8 nitrogen and oxygen atoms in total. The predicted molar refractivity (Wildman–Crippen MR) is 134 cm³/mol. The van der Waals surface area contributed by atoms with E-state index in [1.165, 1.54) is 6.20 Å². The number of allylic oxidation sites excluding steroid dienone is 2. The number of aromatic amines is 1. The quantitative estimate of drug-likeness (QED) is 0.414. The average Bonchev–Trinajstić information content (AvgIpc) is 3.46. The summed E-state index contributed by atoms with van der Waals surface area (Å²) in [6, 6.07) is 5.25. The van der Waals surface area contributed by atoms with E-state index < -0.39 is 0 Å². The number of halogens is 2. The third-order valence-corrected chi connectivity index (χ3v) is 6.87. The van der Waals surface area contributed by atoms with Crippen LogP contribution in [0.25, 0.3) is 0 Å². The third kappa shape index (κ3) is 5.14. The number of hydrogen-bond donors (Lipinski definition) is 3. The maximum atomic E-state index is 15.1. The summed E-state index contributed by atoms with van der Waals surface area (Å²) in [5.41, 5.74) is 4.39. The van der Waals surface area contributed by atoms with Gasteiger partial charge in [0.25, 0.3) is 0 Å². The zero-order chi connectivity index (χ0) is 24.5. The van der Waals surface area contributed by atoms with Crippen LogP contribution in [0.3, 0.4) is 0 Å². The maximum absolute atomic E-state index is 15.1. The number of nitrogens with one attached hydrogen (secondary N) is 3. The number of carbonyl (C=O) groups excluding carboxylic acids is 1. The number of aryl methyl sites for hydroxylation is 2. The molecule has 3 N–H and O–H groups in total. The molecule has 1 aliphatic heterocycles. The molecule has 10 heteroatoms. The molecule has 1 aromatic carbocycles. The minimum Gasteiger partial charge on any atom is -0.375 e. The molecule has 0 unspecified atom stereocenters. The zero-order valence-corrected chi connectivity index (χ0v) is 20.4. The average molecular weight is 496 g/mol. The summed E-state index contributed by atoms with van der Waals surface area (Å²) < 4.78 is 15.1. The fourth-order valence-corrected chi connectivity index (χ4v) is 4.92. The van der Waals surface area contributed by atoms with Gasteiger partial charge in [0, 0.05) is 43.0 Å². The first-order valence-electron chi connectivity index (χ1n) is 11.7. The Balaban J connectivity index is 1.28. The highest BCUT2D eigenvalue weighted by molar-refractivity contribution is 6.32. The normalized spacial score (nSPS) is 16.5. The van der Waals surface area contributed by atoms with Crippen LogP contribution >= 0.6 is 11.6 Å². The molecular formula is C25H27ClFN7O. The molecule has 1 saturated heterocycles. The number of benzene rings is 1. The SMILES string of the molecule is Cc1cc(Nc2nc(Nc3cc(C)c(C4CCN(C5=CC(=O)CC5)CC4)cc3F)ncc2Cl)n[nH]1. The van der Waals surface area contributed by atoms with Crippen molar-refractivity contribution in [3.8, 4) is 0 Å². The van der Waals surface area contributed by atoms with Crippen molar-refractivity contribution in [1.82, 2.24) is 25.1 Å². The molecule has 0 atom stereocenters. The van der Waals surface area contributed by atoms with Gasteiger partial charge in [0.1, 0.15) is 10.8 Å². The van der Waals surface area contributed by atoms with Crippen LogP contribution in [-0.4, -0.2) is 43.9 Å². The largest absolute Gasteiger partial charge is 0.375 e. The van der Waals surface area contributed by atoms with Gasteiger partial charge in [-0.25, -0.2) is 9.37 Å². The van der Waals surface area contributed by atoms with Gasteiger partial charge >= 0.3 is 0 Å². The van der Waals surface area contributed by atoms with Crippen molar-refractivity contribution in [1.29, 1.82) is 0 Å². The van der Waals surface area contributed by atoms with E-state index in [2.05, 4.69) is 35.7 Å². The van der Waals surface area contributed by atoms with Gasteiger partial charge in [-0.1, -0.05) is 11.6 Å². The van der Waals surface area contributed by atoms with Gasteiger partial charge in [-0.15, -0.1) is 0 Å². The number of ketones is 1. The lowest BCUT2D eigenvalue weighted by Crippen LogP contribution is -2.32. The van der Waals surface area contributed by atoms with Crippen molar-refractivity contribution in [3.05, 3.63) is 63.8 Å². The van der Waals surface area contributed by atoms with E-state index in [0.29, 0.717) is 28.8 Å². The molecule has 0 radical (unpaired) electrons. The Morgan fingerprint density at radius 1 is 1.14 bits per heavy atom. The van der Waals surface area contributed by atoms with Crippen molar-refractivity contribution in [2.75, 3.05) is 23.7 Å². The van der Waals surface area contributed by atoms with Crippen LogP contribution in [0.5, 0.6) is 0 Å². The number of carbonyl (C=O) groups is 1. The highest BCUT2D eigenvalue weighted by atomic mass is 35.5. The van der Waals surface area contributed by atoms with Gasteiger partial charge in [0.2, 0.25) is 5.95 Å². The molecule has 5 rings (SSSR count). The second kappa shape index (κ2) is 9.65. The zero-order valence-electron chi connectivity index (χ0n) is 19.7. The molecule has 2 aliphatic rings. The van der Waals surface area contributed by atoms with Gasteiger partial charge in [-0.05, 0) is 62.3 Å². The molecule has 0 amide bonds. The van der Waals surface area contributed by atoms with Crippen molar-refractivity contribution >= 4 is 40.7 Å². The first-order chi connectivity index (χ1) is 16.9. The summed E-state index contributed by atoms with van der Waals surface area (Å²) in [7, 11) is 0. The highest BCUT2D eigenvalue weighted by Crippen LogP contribution is 2.35. The van der Waals surface area contributed by atoms with E-state index in [9.17, 15) is 4.79 Å². The summed E-state index contributed by atoms with van der Waals surface area (Å²) >= 11 is 6.23. The van der Waals surface area contributed by atoms with Crippen LogP contribution in [0.15, 0.2) is 36.2 Å². The Kier molecular flexibility index (Phi) is 6.42. The number of anilines is 4. The number of nitrogens with zero attached hydrogens (tertiary/aromatic N) is 4. The minimum absolute atomic E-state index is 0.215. The molecule has 0 saturated carbocycles. The van der Waals surface area contributed by atoms with Gasteiger partial charge in [0.05, 0.1) is 11.9 Å². The van der Waals surface area contributed by atoms with Crippen LogP contribution in [0.1, 0.15) is 48.4 Å². The third-order valence-electron chi connectivity index (χ3n) is 6.59. The van der Waals surface area contributed by atoms with Crippen molar-refractivity contribution < 1.29 is 9.18 Å². The van der Waals surface area contributed by atoms with E-state index >= 15 is 4.39 Å². The Bertz CT molecular complexity index is 1300. The van der Waals surface area contributed by atoms with Crippen LogP contribution in [0.4, 0.5) is 27.7 Å². The lowest BCUT2D eigenvalue weighted by Gasteiger charge is -2.35. The fraction of sp³-hybridized carbons (Fsp3) is 0.360. The number of rotatable bonds is 6. The van der Waals surface area contributed by atoms with E-state index in [1.807, 2.05) is 19.9 Å². The fourth-order valence-electron chi connectivity index (χ4n) is 4.78. The lowest BCUT2D eigenvalue weighted by atomic mass is 9.86. The van der Waals surface area contributed by atoms with Crippen LogP contribution < -0.4 is 10.6 Å². The molecule has 182 valence electrons. The topological polar surface area (TPSA) is 98.8 Å². The monoisotopic (exact) mass is 495 g/mol. The summed E-state index contributed by atoms with van der Waals surface area (Å²) in [5.74, 6) is 1.31.